The van der Waals surface area contributed by atoms with Gasteiger partial charge < -0.3 is 11.1 Å². The number of hydrogen-bond donors (Lipinski definition) is 2. The van der Waals surface area contributed by atoms with Crippen molar-refractivity contribution >= 4 is 17.5 Å². The van der Waals surface area contributed by atoms with Crippen LogP contribution in [0, 0.1) is 6.92 Å². The van der Waals surface area contributed by atoms with Crippen LogP contribution in [-0.4, -0.2) is 31.4 Å². The Labute approximate surface area is 157 Å². The monoisotopic (exact) mass is 366 g/mol. The summed E-state index contributed by atoms with van der Waals surface area (Å²) in [5, 5.41) is 11.2. The lowest BCUT2D eigenvalue weighted by atomic mass is 10.0. The Morgan fingerprint density at radius 1 is 1.15 bits per heavy atom. The number of benzene rings is 1. The quantitative estimate of drug-likeness (QED) is 0.697. The molecule has 140 valence electrons. The third kappa shape index (κ3) is 4.05. The normalized spacial score (nSPS) is 11.0. The van der Waals surface area contributed by atoms with Gasteiger partial charge in [0.2, 0.25) is 5.91 Å². The number of anilines is 1. The molecule has 2 aromatic heterocycles. The first kappa shape index (κ1) is 18.4. The highest BCUT2D eigenvalue weighted by Crippen LogP contribution is 2.24. The summed E-state index contributed by atoms with van der Waals surface area (Å²) in [6.45, 7) is 6.01. The minimum absolute atomic E-state index is 0.0432. The van der Waals surface area contributed by atoms with Gasteiger partial charge >= 0.3 is 0 Å². The molecular formula is C19H22N6O2. The fraction of sp³-hybridized carbons (Fsp3) is 0.263. The van der Waals surface area contributed by atoms with Crippen molar-refractivity contribution in [2.24, 2.45) is 5.73 Å². The molecule has 3 aromatic rings. The molecule has 8 heteroatoms. The van der Waals surface area contributed by atoms with E-state index in [9.17, 15) is 9.59 Å². The molecule has 0 saturated carbocycles. The highest BCUT2D eigenvalue weighted by molar-refractivity contribution is 6.05. The number of hydrogen-bond acceptors (Lipinski definition) is 4. The molecule has 0 radical (unpaired) electrons. The Morgan fingerprint density at radius 2 is 1.85 bits per heavy atom. The summed E-state index contributed by atoms with van der Waals surface area (Å²) in [7, 11) is 0. The molecule has 2 heterocycles. The molecule has 0 bridgehead atoms. The Bertz CT molecular complexity index is 969. The molecule has 0 aliphatic carbocycles. The van der Waals surface area contributed by atoms with E-state index in [1.165, 1.54) is 10.9 Å². The summed E-state index contributed by atoms with van der Waals surface area (Å²) in [6, 6.07) is 7.97. The molecule has 8 nitrogen and oxygen atoms in total. The Balaban J connectivity index is 1.87. The first-order valence-corrected chi connectivity index (χ1v) is 8.62. The van der Waals surface area contributed by atoms with Crippen LogP contribution in [0.4, 0.5) is 5.69 Å². The second-order valence-electron chi connectivity index (χ2n) is 6.69. The van der Waals surface area contributed by atoms with Crippen molar-refractivity contribution in [3.63, 3.8) is 0 Å². The maximum absolute atomic E-state index is 12.8. The summed E-state index contributed by atoms with van der Waals surface area (Å²) in [5.41, 5.74) is 9.00. The van der Waals surface area contributed by atoms with Gasteiger partial charge in [0, 0.05) is 6.20 Å². The number of primary amides is 1. The third-order valence-corrected chi connectivity index (χ3v) is 4.09. The van der Waals surface area contributed by atoms with Crippen molar-refractivity contribution in [2.45, 2.75) is 33.2 Å². The molecule has 0 unspecified atom stereocenters. The summed E-state index contributed by atoms with van der Waals surface area (Å²) >= 11 is 0. The van der Waals surface area contributed by atoms with E-state index < -0.39 is 5.91 Å². The number of nitrogens with one attached hydrogen (secondary N) is 1. The topological polar surface area (TPSA) is 108 Å². The summed E-state index contributed by atoms with van der Waals surface area (Å²) in [5.74, 6) is -0.694. The molecule has 3 rings (SSSR count). The number of rotatable bonds is 6. The van der Waals surface area contributed by atoms with Gasteiger partial charge in [-0.05, 0) is 25.0 Å². The smallest absolute Gasteiger partial charge is 0.259 e. The first-order valence-electron chi connectivity index (χ1n) is 8.62. The molecular weight excluding hydrogens is 344 g/mol. The number of amides is 2. The summed E-state index contributed by atoms with van der Waals surface area (Å²) in [6.07, 6.45) is 4.60. The van der Waals surface area contributed by atoms with E-state index in [-0.39, 0.29) is 18.4 Å². The Hall–Kier alpha value is -3.42. The molecule has 0 fully saturated rings. The van der Waals surface area contributed by atoms with Gasteiger partial charge in [-0.2, -0.15) is 10.2 Å². The number of carbonyl (C=O) groups is 2. The lowest BCUT2D eigenvalue weighted by Gasteiger charge is -2.13. The zero-order chi connectivity index (χ0) is 19.6. The predicted molar refractivity (Wildman–Crippen MR) is 102 cm³/mol. The van der Waals surface area contributed by atoms with Crippen molar-refractivity contribution in [3.8, 4) is 5.69 Å². The van der Waals surface area contributed by atoms with E-state index in [2.05, 4.69) is 15.5 Å². The highest BCUT2D eigenvalue weighted by Gasteiger charge is 2.21. The average molecular weight is 366 g/mol. The van der Waals surface area contributed by atoms with Gasteiger partial charge in [0.1, 0.15) is 6.54 Å². The average Bonchev–Trinajstić information content (AvgIpc) is 3.22. The summed E-state index contributed by atoms with van der Waals surface area (Å²) < 4.78 is 3.16. The van der Waals surface area contributed by atoms with E-state index in [1.54, 1.807) is 17.1 Å². The first-order chi connectivity index (χ1) is 12.8. The summed E-state index contributed by atoms with van der Waals surface area (Å²) in [4.78, 5) is 23.7. The molecule has 0 aliphatic heterocycles. The van der Waals surface area contributed by atoms with Crippen LogP contribution < -0.4 is 11.1 Å². The second kappa shape index (κ2) is 7.45. The highest BCUT2D eigenvalue weighted by atomic mass is 16.2. The fourth-order valence-electron chi connectivity index (χ4n) is 2.85. The van der Waals surface area contributed by atoms with E-state index in [4.69, 9.17) is 5.73 Å². The zero-order valence-corrected chi connectivity index (χ0v) is 15.5. The Morgan fingerprint density at radius 3 is 2.48 bits per heavy atom. The van der Waals surface area contributed by atoms with Crippen LogP contribution in [0.25, 0.3) is 5.69 Å². The van der Waals surface area contributed by atoms with Gasteiger partial charge in [-0.3, -0.25) is 14.3 Å². The molecule has 3 N–H and O–H groups in total. The minimum Gasteiger partial charge on any atom is -0.368 e. The zero-order valence-electron chi connectivity index (χ0n) is 15.5. The van der Waals surface area contributed by atoms with Crippen LogP contribution in [0.1, 0.15) is 41.4 Å². The van der Waals surface area contributed by atoms with Crippen molar-refractivity contribution in [3.05, 3.63) is 59.7 Å². The van der Waals surface area contributed by atoms with Crippen LogP contribution in [-0.2, 0) is 11.3 Å². The molecule has 0 saturated heterocycles. The molecule has 1 aromatic carbocycles. The predicted octanol–water partition coefficient (Wildman–Crippen LogP) is 2.24. The maximum atomic E-state index is 12.8. The molecule has 27 heavy (non-hydrogen) atoms. The number of aromatic nitrogens is 4. The van der Waals surface area contributed by atoms with Gasteiger partial charge in [0.05, 0.1) is 35.0 Å². The van der Waals surface area contributed by atoms with Crippen LogP contribution in [0.15, 0.2) is 42.9 Å². The number of nitrogens with zero attached hydrogens (tertiary/aromatic N) is 4. The van der Waals surface area contributed by atoms with Gasteiger partial charge in [-0.1, -0.05) is 31.5 Å². The Kier molecular flexibility index (Phi) is 5.07. The van der Waals surface area contributed by atoms with E-state index in [0.717, 1.165) is 16.9 Å². The SMILES string of the molecule is Cc1ccc(-n2ncc(C(=O)Nc3cnn(CC(N)=O)c3)c2C(C)C)cc1. The van der Waals surface area contributed by atoms with Crippen LogP contribution >= 0.6 is 0 Å². The van der Waals surface area contributed by atoms with E-state index in [1.807, 2.05) is 45.0 Å². The van der Waals surface area contributed by atoms with Crippen molar-refractivity contribution in [2.75, 3.05) is 5.32 Å². The van der Waals surface area contributed by atoms with Gasteiger partial charge in [-0.25, -0.2) is 4.68 Å². The van der Waals surface area contributed by atoms with Gasteiger partial charge in [0.15, 0.2) is 0 Å². The van der Waals surface area contributed by atoms with Gasteiger partial charge in [0.25, 0.3) is 5.91 Å². The van der Waals surface area contributed by atoms with Crippen molar-refractivity contribution in [1.29, 1.82) is 0 Å². The van der Waals surface area contributed by atoms with Gasteiger partial charge in [-0.15, -0.1) is 0 Å². The molecule has 0 spiro atoms. The lowest BCUT2D eigenvalue weighted by Crippen LogP contribution is -2.19. The minimum atomic E-state index is -0.502. The van der Waals surface area contributed by atoms with Crippen molar-refractivity contribution in [1.82, 2.24) is 19.6 Å². The lowest BCUT2D eigenvalue weighted by molar-refractivity contribution is -0.118. The van der Waals surface area contributed by atoms with E-state index in [0.29, 0.717) is 11.3 Å². The largest absolute Gasteiger partial charge is 0.368 e. The fourth-order valence-corrected chi connectivity index (χ4v) is 2.85. The number of nitrogens with two attached hydrogens (primary N) is 1. The second-order valence-corrected chi connectivity index (χ2v) is 6.69. The number of aryl methyl sites for hydroxylation is 1. The van der Waals surface area contributed by atoms with E-state index >= 15 is 0 Å². The van der Waals surface area contributed by atoms with Crippen LogP contribution in [0.2, 0.25) is 0 Å². The van der Waals surface area contributed by atoms with Crippen LogP contribution in [0.5, 0.6) is 0 Å². The van der Waals surface area contributed by atoms with Crippen LogP contribution in [0.3, 0.4) is 0 Å². The number of carbonyl (C=O) groups excluding carboxylic acids is 2. The molecule has 0 atom stereocenters. The van der Waals surface area contributed by atoms with Crippen molar-refractivity contribution < 1.29 is 9.59 Å². The third-order valence-electron chi connectivity index (χ3n) is 4.09. The standard InChI is InChI=1S/C19H22N6O2/c1-12(2)18-16(9-22-25(18)15-6-4-13(3)5-7-15)19(27)23-14-8-21-24(10-14)11-17(20)26/h4-10,12H,11H2,1-3H3,(H2,20,26)(H,23,27). The molecule has 2 amide bonds. The maximum Gasteiger partial charge on any atom is 0.259 e. The molecule has 0 aliphatic rings.